The molecular weight excluding hydrogens is 286 g/mol. The summed E-state index contributed by atoms with van der Waals surface area (Å²) in [6.07, 6.45) is 0.876. The maximum absolute atomic E-state index is 12.2. The highest BCUT2D eigenvalue weighted by atomic mass is 16.1. The Balaban J connectivity index is 1.95. The Morgan fingerprint density at radius 3 is 2.35 bits per heavy atom. The highest BCUT2D eigenvalue weighted by Gasteiger charge is 2.14. The predicted octanol–water partition coefficient (Wildman–Crippen LogP) is 2.46. The van der Waals surface area contributed by atoms with E-state index in [1.807, 2.05) is 38.4 Å². The third kappa shape index (κ3) is 4.94. The van der Waals surface area contributed by atoms with Crippen molar-refractivity contribution in [3.63, 3.8) is 0 Å². The molecule has 118 valence electrons. The van der Waals surface area contributed by atoms with Gasteiger partial charge in [0.2, 0.25) is 0 Å². The fourth-order valence-corrected chi connectivity index (χ4v) is 2.33. The van der Waals surface area contributed by atoms with Gasteiger partial charge in [-0.1, -0.05) is 30.3 Å². The molecule has 2 aromatic carbocycles. The molecule has 2 aromatic rings. The van der Waals surface area contributed by atoms with Gasteiger partial charge >= 0.3 is 0 Å². The molecule has 0 radical (unpaired) electrons. The highest BCUT2D eigenvalue weighted by molar-refractivity contribution is 5.94. The van der Waals surface area contributed by atoms with Gasteiger partial charge in [-0.15, -0.1) is 0 Å². The topological polar surface area (TPSA) is 56.1 Å². The number of nitrogens with one attached hydrogen (secondary N) is 1. The second-order valence-corrected chi connectivity index (χ2v) is 5.71. The van der Waals surface area contributed by atoms with E-state index in [2.05, 4.69) is 22.3 Å². The van der Waals surface area contributed by atoms with Crippen molar-refractivity contribution in [2.75, 3.05) is 20.6 Å². The Morgan fingerprint density at radius 2 is 1.78 bits per heavy atom. The van der Waals surface area contributed by atoms with Gasteiger partial charge < -0.3 is 10.2 Å². The smallest absolute Gasteiger partial charge is 0.251 e. The molecule has 0 saturated heterocycles. The van der Waals surface area contributed by atoms with Crippen LogP contribution in [0.5, 0.6) is 0 Å². The molecule has 2 rings (SSSR count). The minimum Gasteiger partial charge on any atom is -0.350 e. The van der Waals surface area contributed by atoms with Gasteiger partial charge in [-0.3, -0.25) is 4.79 Å². The van der Waals surface area contributed by atoms with Crippen LogP contribution >= 0.6 is 0 Å². The van der Waals surface area contributed by atoms with Crippen molar-refractivity contribution in [1.29, 1.82) is 5.26 Å². The zero-order valence-corrected chi connectivity index (χ0v) is 13.5. The number of carbonyl (C=O) groups excluding carboxylic acids is 1. The zero-order chi connectivity index (χ0) is 16.7. The summed E-state index contributed by atoms with van der Waals surface area (Å²) < 4.78 is 0. The summed E-state index contributed by atoms with van der Waals surface area (Å²) in [5, 5.41) is 11.8. The molecule has 4 nitrogen and oxygen atoms in total. The molecule has 1 amide bonds. The molecule has 0 aliphatic heterocycles. The number of nitriles is 1. The Labute approximate surface area is 137 Å². The monoisotopic (exact) mass is 307 g/mol. The fraction of sp³-hybridized carbons (Fsp3) is 0.263. The van der Waals surface area contributed by atoms with Crippen molar-refractivity contribution < 1.29 is 4.79 Å². The van der Waals surface area contributed by atoms with Gasteiger partial charge in [0, 0.05) is 18.2 Å². The third-order valence-electron chi connectivity index (χ3n) is 3.82. The Bertz CT molecular complexity index is 672. The number of nitrogens with zero attached hydrogens (tertiary/aromatic N) is 2. The minimum absolute atomic E-state index is 0.116. The molecule has 0 spiro atoms. The second-order valence-electron chi connectivity index (χ2n) is 5.71. The van der Waals surface area contributed by atoms with E-state index in [4.69, 9.17) is 5.26 Å². The summed E-state index contributed by atoms with van der Waals surface area (Å²) >= 11 is 0. The number of hydrogen-bond donors (Lipinski definition) is 1. The molecule has 0 fully saturated rings. The average molecular weight is 307 g/mol. The zero-order valence-electron chi connectivity index (χ0n) is 13.5. The minimum atomic E-state index is -0.116. The van der Waals surface area contributed by atoms with Crippen LogP contribution in [0, 0.1) is 11.3 Å². The summed E-state index contributed by atoms with van der Waals surface area (Å²) in [5.41, 5.74) is 2.37. The van der Waals surface area contributed by atoms with Crippen molar-refractivity contribution in [2.45, 2.75) is 12.5 Å². The van der Waals surface area contributed by atoms with Crippen LogP contribution in [0.2, 0.25) is 0 Å². The normalized spacial score (nSPS) is 11.7. The standard InChI is InChI=1S/C19H21N3O/c1-22(2)18(12-15-6-4-3-5-7-15)14-21-19(23)17-10-8-16(13-20)9-11-17/h3-11,18H,12,14H2,1-2H3,(H,21,23). The first-order chi connectivity index (χ1) is 11.1. The van der Waals surface area contributed by atoms with Crippen LogP contribution in [-0.2, 0) is 6.42 Å². The third-order valence-corrected chi connectivity index (χ3v) is 3.82. The molecule has 0 bridgehead atoms. The number of likely N-dealkylation sites (N-methyl/N-ethyl adjacent to an activating group) is 1. The predicted molar refractivity (Wildman–Crippen MR) is 91.1 cm³/mol. The quantitative estimate of drug-likeness (QED) is 0.892. The van der Waals surface area contributed by atoms with Gasteiger partial charge in [0.05, 0.1) is 11.6 Å². The van der Waals surface area contributed by atoms with Crippen LogP contribution in [0.4, 0.5) is 0 Å². The average Bonchev–Trinajstić information content (AvgIpc) is 2.59. The number of hydrogen-bond acceptors (Lipinski definition) is 3. The number of benzene rings is 2. The Kier molecular flexibility index (Phi) is 5.90. The number of amides is 1. The fourth-order valence-electron chi connectivity index (χ4n) is 2.33. The first-order valence-corrected chi connectivity index (χ1v) is 7.59. The van der Waals surface area contributed by atoms with Crippen LogP contribution < -0.4 is 5.32 Å². The molecule has 0 aromatic heterocycles. The van der Waals surface area contributed by atoms with E-state index in [1.54, 1.807) is 24.3 Å². The lowest BCUT2D eigenvalue weighted by Gasteiger charge is -2.24. The van der Waals surface area contributed by atoms with Crippen LogP contribution in [0.1, 0.15) is 21.5 Å². The van der Waals surface area contributed by atoms with Crippen molar-refractivity contribution >= 4 is 5.91 Å². The van der Waals surface area contributed by atoms with E-state index in [9.17, 15) is 4.79 Å². The highest BCUT2D eigenvalue weighted by Crippen LogP contribution is 2.07. The van der Waals surface area contributed by atoms with Crippen LogP contribution in [-0.4, -0.2) is 37.5 Å². The maximum atomic E-state index is 12.2. The maximum Gasteiger partial charge on any atom is 0.251 e. The van der Waals surface area contributed by atoms with E-state index >= 15 is 0 Å². The molecule has 0 aliphatic carbocycles. The van der Waals surface area contributed by atoms with E-state index in [0.29, 0.717) is 17.7 Å². The van der Waals surface area contributed by atoms with E-state index in [-0.39, 0.29) is 11.9 Å². The molecule has 1 N–H and O–H groups in total. The molecular formula is C19H21N3O. The molecule has 0 aliphatic rings. The van der Waals surface area contributed by atoms with Gasteiger partial charge in [-0.05, 0) is 50.3 Å². The molecule has 4 heteroatoms. The largest absolute Gasteiger partial charge is 0.350 e. The lowest BCUT2D eigenvalue weighted by molar-refractivity contribution is 0.0941. The SMILES string of the molecule is CN(C)C(CNC(=O)c1ccc(C#N)cc1)Cc1ccccc1. The van der Waals surface area contributed by atoms with Crippen molar-refractivity contribution in [3.8, 4) is 6.07 Å². The molecule has 0 heterocycles. The molecule has 1 atom stereocenters. The summed E-state index contributed by atoms with van der Waals surface area (Å²) in [7, 11) is 4.03. The van der Waals surface area contributed by atoms with Gasteiger partial charge in [0.1, 0.15) is 0 Å². The first kappa shape index (κ1) is 16.7. The summed E-state index contributed by atoms with van der Waals surface area (Å²) in [6, 6.07) is 19.2. The Morgan fingerprint density at radius 1 is 1.13 bits per heavy atom. The summed E-state index contributed by atoms with van der Waals surface area (Å²) in [4.78, 5) is 14.3. The van der Waals surface area contributed by atoms with Crippen molar-refractivity contribution in [2.24, 2.45) is 0 Å². The van der Waals surface area contributed by atoms with Gasteiger partial charge in [0.25, 0.3) is 5.91 Å². The summed E-state index contributed by atoms with van der Waals surface area (Å²) in [6.45, 7) is 0.570. The van der Waals surface area contributed by atoms with E-state index in [0.717, 1.165) is 6.42 Å². The first-order valence-electron chi connectivity index (χ1n) is 7.59. The Hall–Kier alpha value is -2.64. The van der Waals surface area contributed by atoms with Gasteiger partial charge in [-0.2, -0.15) is 5.26 Å². The van der Waals surface area contributed by atoms with Crippen LogP contribution in [0.15, 0.2) is 54.6 Å². The number of rotatable bonds is 6. The molecule has 23 heavy (non-hydrogen) atoms. The molecule has 0 saturated carbocycles. The van der Waals surface area contributed by atoms with Crippen LogP contribution in [0.25, 0.3) is 0 Å². The van der Waals surface area contributed by atoms with E-state index < -0.39 is 0 Å². The second kappa shape index (κ2) is 8.11. The number of carbonyl (C=O) groups is 1. The van der Waals surface area contributed by atoms with E-state index in [1.165, 1.54) is 5.56 Å². The van der Waals surface area contributed by atoms with Crippen molar-refractivity contribution in [3.05, 3.63) is 71.3 Å². The lowest BCUT2D eigenvalue weighted by Crippen LogP contribution is -2.41. The van der Waals surface area contributed by atoms with Gasteiger partial charge in [-0.25, -0.2) is 0 Å². The van der Waals surface area contributed by atoms with Crippen LogP contribution in [0.3, 0.4) is 0 Å². The summed E-state index contributed by atoms with van der Waals surface area (Å²) in [5.74, 6) is -0.116. The van der Waals surface area contributed by atoms with Gasteiger partial charge in [0.15, 0.2) is 0 Å². The molecule has 1 unspecified atom stereocenters. The van der Waals surface area contributed by atoms with Crippen molar-refractivity contribution in [1.82, 2.24) is 10.2 Å². The lowest BCUT2D eigenvalue weighted by atomic mass is 10.0.